The molecule has 2 N–H and O–H groups in total. The molecule has 1 aliphatic heterocycles. The number of nitrogens with one attached hydrogen (secondary N) is 1. The van der Waals surface area contributed by atoms with Crippen LogP contribution in [-0.4, -0.2) is 47.1 Å². The average molecular weight is 296 g/mol. The van der Waals surface area contributed by atoms with Gasteiger partial charge in [-0.05, 0) is 43.9 Å². The maximum Gasteiger partial charge on any atom is 0.321 e. The summed E-state index contributed by atoms with van der Waals surface area (Å²) in [6.07, 6.45) is 4.17. The van der Waals surface area contributed by atoms with Crippen LogP contribution in [0.5, 0.6) is 0 Å². The molecule has 0 radical (unpaired) electrons. The van der Waals surface area contributed by atoms with Gasteiger partial charge in [-0.15, -0.1) is 0 Å². The number of rotatable bonds is 6. The Hall–Kier alpha value is -1.10. The number of carbonyl (C=O) groups is 2. The SMILES string of the molecule is CC(C)CCNC(=O)C(C)N1CC2CCCC2C1C(=O)O. The summed E-state index contributed by atoms with van der Waals surface area (Å²) in [5.74, 6) is 0.428. The molecular weight excluding hydrogens is 268 g/mol. The van der Waals surface area contributed by atoms with E-state index in [1.807, 2.05) is 11.8 Å². The predicted molar refractivity (Wildman–Crippen MR) is 80.9 cm³/mol. The molecule has 5 heteroatoms. The lowest BCUT2D eigenvalue weighted by atomic mass is 9.94. The maximum absolute atomic E-state index is 12.3. The Kier molecular flexibility index (Phi) is 5.25. The van der Waals surface area contributed by atoms with Crippen LogP contribution in [-0.2, 0) is 9.59 Å². The fourth-order valence-electron chi connectivity index (χ4n) is 3.84. The van der Waals surface area contributed by atoms with E-state index in [1.54, 1.807) is 0 Å². The quantitative estimate of drug-likeness (QED) is 0.783. The van der Waals surface area contributed by atoms with E-state index in [2.05, 4.69) is 19.2 Å². The standard InChI is InChI=1S/C16H28N2O3/c1-10(2)7-8-17-15(19)11(3)18-9-12-5-4-6-13(12)14(18)16(20)21/h10-14H,4-9H2,1-3H3,(H,17,19)(H,20,21). The van der Waals surface area contributed by atoms with Crippen LogP contribution in [0.4, 0.5) is 0 Å². The summed E-state index contributed by atoms with van der Waals surface area (Å²) in [5, 5.41) is 12.5. The minimum atomic E-state index is -0.772. The predicted octanol–water partition coefficient (Wildman–Crippen LogP) is 1.72. The lowest BCUT2D eigenvalue weighted by Crippen LogP contribution is -2.51. The van der Waals surface area contributed by atoms with E-state index in [0.29, 0.717) is 18.4 Å². The normalized spacial score (nSPS) is 30.4. The number of carboxylic acids is 1. The smallest absolute Gasteiger partial charge is 0.321 e. The van der Waals surface area contributed by atoms with Crippen molar-refractivity contribution in [3.05, 3.63) is 0 Å². The zero-order valence-electron chi connectivity index (χ0n) is 13.3. The Bertz CT molecular complexity index is 397. The van der Waals surface area contributed by atoms with Gasteiger partial charge in [0, 0.05) is 13.1 Å². The van der Waals surface area contributed by atoms with Gasteiger partial charge in [0.1, 0.15) is 6.04 Å². The highest BCUT2D eigenvalue weighted by Gasteiger charge is 2.49. The second-order valence-electron chi connectivity index (χ2n) is 6.98. The summed E-state index contributed by atoms with van der Waals surface area (Å²) >= 11 is 0. The summed E-state index contributed by atoms with van der Waals surface area (Å²) in [5.41, 5.74) is 0. The Balaban J connectivity index is 1.95. The Morgan fingerprint density at radius 3 is 2.62 bits per heavy atom. The Labute approximate surface area is 127 Å². The molecule has 1 saturated heterocycles. The third-order valence-corrected chi connectivity index (χ3v) is 5.08. The molecule has 0 aromatic carbocycles. The molecule has 4 atom stereocenters. The van der Waals surface area contributed by atoms with Crippen molar-refractivity contribution in [3.63, 3.8) is 0 Å². The summed E-state index contributed by atoms with van der Waals surface area (Å²) in [4.78, 5) is 25.8. The molecule has 1 heterocycles. The van der Waals surface area contributed by atoms with Crippen molar-refractivity contribution < 1.29 is 14.7 Å². The first-order valence-corrected chi connectivity index (χ1v) is 8.18. The van der Waals surface area contributed by atoms with Crippen LogP contribution in [0.25, 0.3) is 0 Å². The number of hydrogen-bond donors (Lipinski definition) is 2. The molecule has 2 fully saturated rings. The average Bonchev–Trinajstić information content (AvgIpc) is 2.96. The number of fused-ring (bicyclic) bond motifs is 1. The molecule has 0 spiro atoms. The van der Waals surface area contributed by atoms with E-state index < -0.39 is 12.0 Å². The van der Waals surface area contributed by atoms with Gasteiger partial charge in [-0.3, -0.25) is 14.5 Å². The van der Waals surface area contributed by atoms with E-state index in [9.17, 15) is 14.7 Å². The molecule has 2 rings (SSSR count). The van der Waals surface area contributed by atoms with Gasteiger partial charge in [0.05, 0.1) is 6.04 Å². The van der Waals surface area contributed by atoms with Gasteiger partial charge in [0.15, 0.2) is 0 Å². The van der Waals surface area contributed by atoms with Crippen LogP contribution in [0.3, 0.4) is 0 Å². The van der Waals surface area contributed by atoms with Crippen molar-refractivity contribution >= 4 is 11.9 Å². The number of likely N-dealkylation sites (tertiary alicyclic amines) is 1. The van der Waals surface area contributed by atoms with Gasteiger partial charge < -0.3 is 10.4 Å². The second-order valence-corrected chi connectivity index (χ2v) is 6.98. The number of nitrogens with zero attached hydrogens (tertiary/aromatic N) is 1. The third-order valence-electron chi connectivity index (χ3n) is 5.08. The van der Waals surface area contributed by atoms with Crippen molar-refractivity contribution in [1.29, 1.82) is 0 Å². The first-order valence-electron chi connectivity index (χ1n) is 8.18. The third kappa shape index (κ3) is 3.57. The van der Waals surface area contributed by atoms with Gasteiger partial charge in [-0.25, -0.2) is 0 Å². The van der Waals surface area contributed by atoms with Crippen molar-refractivity contribution in [2.45, 2.75) is 58.5 Å². The molecule has 21 heavy (non-hydrogen) atoms. The summed E-state index contributed by atoms with van der Waals surface area (Å²) in [7, 11) is 0. The van der Waals surface area contributed by atoms with Crippen molar-refractivity contribution in [2.24, 2.45) is 17.8 Å². The fraction of sp³-hybridized carbons (Fsp3) is 0.875. The highest BCUT2D eigenvalue weighted by Crippen LogP contribution is 2.42. The molecule has 1 aliphatic carbocycles. The molecule has 2 aliphatic rings. The largest absolute Gasteiger partial charge is 0.480 e. The topological polar surface area (TPSA) is 69.6 Å². The van der Waals surface area contributed by atoms with E-state index in [0.717, 1.165) is 32.2 Å². The van der Waals surface area contributed by atoms with Crippen molar-refractivity contribution in [1.82, 2.24) is 10.2 Å². The van der Waals surface area contributed by atoms with E-state index in [-0.39, 0.29) is 17.9 Å². The second kappa shape index (κ2) is 6.77. The number of amides is 1. The maximum atomic E-state index is 12.3. The van der Waals surface area contributed by atoms with Gasteiger partial charge in [-0.2, -0.15) is 0 Å². The monoisotopic (exact) mass is 296 g/mol. The van der Waals surface area contributed by atoms with E-state index >= 15 is 0 Å². The lowest BCUT2D eigenvalue weighted by molar-refractivity contribution is -0.145. The summed E-state index contributed by atoms with van der Waals surface area (Å²) < 4.78 is 0. The Morgan fingerprint density at radius 2 is 2.00 bits per heavy atom. The van der Waals surface area contributed by atoms with Gasteiger partial charge in [0.2, 0.25) is 5.91 Å². The van der Waals surface area contributed by atoms with Crippen LogP contribution >= 0.6 is 0 Å². The van der Waals surface area contributed by atoms with Crippen molar-refractivity contribution in [2.75, 3.05) is 13.1 Å². The Morgan fingerprint density at radius 1 is 1.29 bits per heavy atom. The molecule has 1 amide bonds. The van der Waals surface area contributed by atoms with Crippen LogP contribution < -0.4 is 5.32 Å². The minimum absolute atomic E-state index is 0.0399. The zero-order chi connectivity index (χ0) is 15.6. The van der Waals surface area contributed by atoms with Gasteiger partial charge >= 0.3 is 5.97 Å². The molecule has 0 aromatic heterocycles. The van der Waals surface area contributed by atoms with E-state index in [4.69, 9.17) is 0 Å². The lowest BCUT2D eigenvalue weighted by Gasteiger charge is -2.29. The molecule has 0 bridgehead atoms. The van der Waals surface area contributed by atoms with Crippen LogP contribution in [0.2, 0.25) is 0 Å². The zero-order valence-corrected chi connectivity index (χ0v) is 13.3. The minimum Gasteiger partial charge on any atom is -0.480 e. The molecule has 5 nitrogen and oxygen atoms in total. The van der Waals surface area contributed by atoms with E-state index in [1.165, 1.54) is 0 Å². The number of aliphatic carboxylic acids is 1. The van der Waals surface area contributed by atoms with Crippen LogP contribution in [0.15, 0.2) is 0 Å². The van der Waals surface area contributed by atoms with Gasteiger partial charge in [0.25, 0.3) is 0 Å². The highest BCUT2D eigenvalue weighted by molar-refractivity contribution is 5.83. The molecule has 4 unspecified atom stereocenters. The highest BCUT2D eigenvalue weighted by atomic mass is 16.4. The van der Waals surface area contributed by atoms with Crippen molar-refractivity contribution in [3.8, 4) is 0 Å². The first kappa shape index (κ1) is 16.3. The number of hydrogen-bond acceptors (Lipinski definition) is 3. The number of carbonyl (C=O) groups excluding carboxylic acids is 1. The molecule has 1 saturated carbocycles. The van der Waals surface area contributed by atoms with Crippen LogP contribution in [0, 0.1) is 17.8 Å². The number of carboxylic acid groups (broad SMARTS) is 1. The first-order chi connectivity index (χ1) is 9.91. The van der Waals surface area contributed by atoms with Gasteiger partial charge in [-0.1, -0.05) is 20.3 Å². The fourth-order valence-corrected chi connectivity index (χ4v) is 3.84. The van der Waals surface area contributed by atoms with Crippen LogP contribution in [0.1, 0.15) is 46.5 Å². The molecule has 120 valence electrons. The molecular formula is C16H28N2O3. The summed E-state index contributed by atoms with van der Waals surface area (Å²) in [6, 6.07) is -0.841. The summed E-state index contributed by atoms with van der Waals surface area (Å²) in [6.45, 7) is 7.50. The molecule has 0 aromatic rings.